The van der Waals surface area contributed by atoms with E-state index in [0.29, 0.717) is 75.1 Å². The minimum Gasteiger partial charge on any atom is -0.464 e. The summed E-state index contributed by atoms with van der Waals surface area (Å²) in [6.45, 7) is 15.7. The van der Waals surface area contributed by atoms with Gasteiger partial charge in [0.05, 0.1) is 30.1 Å². The number of fused-ring (bicyclic) bond motifs is 6. The van der Waals surface area contributed by atoms with Crippen molar-refractivity contribution < 1.29 is 33.0 Å². The topological polar surface area (TPSA) is 160 Å². The standard InChI is InChI=1S/C56H73FN8O6/c1-8-64-45-16-15-38-27-41(45)42(50(64)40-11-9-19-58-46(40)34(4)70-7)28-55(5,6)32-71-54(69)43-12-10-20-65(61-43)52(67)44(26-35-23-36(29-57)25-39(38)24-35)59-51(66)49(33(2)3)62-21-17-56(30-62)18-22-63(31-56)53(68)48-47(60-48)37-13-14-37/h9,11,15-16,19,23-25,27,33-34,37,43-44,47-49,60-61H,8,10,12-14,17-18,20-22,26,28-32H2,1-7H3,(H,59,66)/t34-,43-,44-,47+,48+,49-,56-/m0/s1. The normalized spacial score (nSPS) is 26.7. The molecule has 1 saturated carbocycles. The Balaban J connectivity index is 0.994. The SMILES string of the molecule is CCn1c(-c2cccnc2[C@H](C)OC)c2c3cc(ccc31)-c1cc(CF)cc(c1)C[C@H](NC(=O)[C@H](C(C)C)N1CC[C@]3(CCN(C(=O)[C@@H]4N[C@@H]4C4CC4)C3)C1)C(=O)N1CCC[C@H](N1)C(=O)OCC(C)(C)C2. The summed E-state index contributed by atoms with van der Waals surface area (Å²) in [4.78, 5) is 66.5. The number of methoxy groups -OCH3 is 1. The number of carbonyl (C=O) groups is 4. The fourth-order valence-electron chi connectivity index (χ4n) is 12.5. The molecular formula is C56H73FN8O6. The van der Waals surface area contributed by atoms with Gasteiger partial charge in [-0.1, -0.05) is 45.9 Å². The van der Waals surface area contributed by atoms with E-state index in [1.54, 1.807) is 19.4 Å². The molecule has 10 rings (SSSR count). The number of hydrogen-bond acceptors (Lipinski definition) is 10. The maximum atomic E-state index is 15.1. The van der Waals surface area contributed by atoms with Gasteiger partial charge in [0.2, 0.25) is 11.8 Å². The minimum absolute atomic E-state index is 0.0515. The molecule has 2 aromatic carbocycles. The van der Waals surface area contributed by atoms with Crippen LogP contribution in [-0.4, -0.2) is 125 Å². The smallest absolute Gasteiger partial charge is 0.324 e. The number of likely N-dealkylation sites (tertiary alicyclic amines) is 2. The fourth-order valence-corrected chi connectivity index (χ4v) is 12.5. The van der Waals surface area contributed by atoms with E-state index < -0.39 is 36.2 Å². The Bertz CT molecular complexity index is 2700. The molecule has 4 saturated heterocycles. The highest BCUT2D eigenvalue weighted by atomic mass is 19.1. The van der Waals surface area contributed by atoms with Crippen LogP contribution in [0.4, 0.5) is 4.39 Å². The Hall–Kier alpha value is -5.22. The number of amides is 3. The third-order valence-corrected chi connectivity index (χ3v) is 16.4. The number of benzene rings is 2. The highest BCUT2D eigenvalue weighted by Crippen LogP contribution is 2.45. The molecule has 2 aromatic heterocycles. The number of halogens is 1. The summed E-state index contributed by atoms with van der Waals surface area (Å²) < 4.78 is 29.4. The average Bonchev–Trinajstić information content (AvgIpc) is 4.27. The lowest BCUT2D eigenvalue weighted by Crippen LogP contribution is -2.62. The van der Waals surface area contributed by atoms with Gasteiger partial charge in [0, 0.05) is 85.8 Å². The van der Waals surface area contributed by atoms with Gasteiger partial charge in [-0.15, -0.1) is 0 Å². The van der Waals surface area contributed by atoms with Gasteiger partial charge in [0.25, 0.3) is 5.91 Å². The van der Waals surface area contributed by atoms with E-state index in [4.69, 9.17) is 14.5 Å². The van der Waals surface area contributed by atoms with Crippen LogP contribution in [0.2, 0.25) is 0 Å². The lowest BCUT2D eigenvalue weighted by molar-refractivity contribution is -0.155. The van der Waals surface area contributed by atoms with Crippen LogP contribution in [0, 0.1) is 22.7 Å². The zero-order valence-electron chi connectivity index (χ0n) is 42.7. The molecule has 7 atom stereocenters. The van der Waals surface area contributed by atoms with Gasteiger partial charge in [0.15, 0.2) is 0 Å². The molecule has 1 spiro atoms. The van der Waals surface area contributed by atoms with E-state index in [-0.39, 0.29) is 54.2 Å². The van der Waals surface area contributed by atoms with Crippen molar-refractivity contribution in [3.8, 4) is 22.4 Å². The molecule has 14 nitrogen and oxygen atoms in total. The number of nitrogens with zero attached hydrogens (tertiary/aromatic N) is 5. The molecule has 6 aliphatic rings. The van der Waals surface area contributed by atoms with Crippen LogP contribution in [0.5, 0.6) is 0 Å². The Morgan fingerprint density at radius 3 is 2.55 bits per heavy atom. The second-order valence-corrected chi connectivity index (χ2v) is 22.7. The van der Waals surface area contributed by atoms with Crippen LogP contribution in [0.1, 0.15) is 109 Å². The van der Waals surface area contributed by atoms with E-state index in [1.807, 2.05) is 43.9 Å². The van der Waals surface area contributed by atoms with Gasteiger partial charge in [-0.25, -0.2) is 9.82 Å². The number of esters is 1. The van der Waals surface area contributed by atoms with Gasteiger partial charge in [0.1, 0.15) is 24.8 Å². The number of cyclic esters (lactones) is 1. The van der Waals surface area contributed by atoms with E-state index in [9.17, 15) is 19.2 Å². The summed E-state index contributed by atoms with van der Waals surface area (Å²) >= 11 is 0. The predicted octanol–water partition coefficient (Wildman–Crippen LogP) is 6.91. The summed E-state index contributed by atoms with van der Waals surface area (Å²) in [5.41, 5.74) is 10.4. The Kier molecular flexibility index (Phi) is 13.7. The molecule has 3 N–H and O–H groups in total. The van der Waals surface area contributed by atoms with E-state index >= 15 is 4.39 Å². The third kappa shape index (κ3) is 9.88. The molecule has 15 heteroatoms. The molecule has 71 heavy (non-hydrogen) atoms. The molecule has 4 aromatic rings. The fraction of sp³-hybridized carbons (Fsp3) is 0.589. The lowest BCUT2D eigenvalue weighted by Gasteiger charge is -2.37. The van der Waals surface area contributed by atoms with Gasteiger partial charge in [-0.2, -0.15) is 0 Å². The molecule has 7 heterocycles. The number of nitrogens with one attached hydrogen (secondary N) is 3. The maximum absolute atomic E-state index is 15.1. The Morgan fingerprint density at radius 2 is 1.80 bits per heavy atom. The number of alkyl halides is 1. The zero-order valence-corrected chi connectivity index (χ0v) is 42.7. The first-order valence-corrected chi connectivity index (χ1v) is 26.3. The largest absolute Gasteiger partial charge is 0.464 e. The number of ether oxygens (including phenoxy) is 2. The number of pyridine rings is 1. The number of aromatic nitrogens is 2. The van der Waals surface area contributed by atoms with Crippen LogP contribution < -0.4 is 16.1 Å². The zero-order chi connectivity index (χ0) is 49.9. The maximum Gasteiger partial charge on any atom is 0.324 e. The van der Waals surface area contributed by atoms with Crippen LogP contribution >= 0.6 is 0 Å². The first-order chi connectivity index (χ1) is 34.1. The number of aryl methyl sites for hydroxylation is 1. The van der Waals surface area contributed by atoms with Gasteiger partial charge in [-0.3, -0.25) is 39.4 Å². The molecule has 0 unspecified atom stereocenters. The summed E-state index contributed by atoms with van der Waals surface area (Å²) in [6, 6.07) is 14.0. The molecular weight excluding hydrogens is 900 g/mol. The second kappa shape index (κ2) is 19.7. The van der Waals surface area contributed by atoms with Crippen LogP contribution in [0.3, 0.4) is 0 Å². The van der Waals surface area contributed by atoms with Gasteiger partial charge in [-0.05, 0) is 135 Å². The summed E-state index contributed by atoms with van der Waals surface area (Å²) in [6.07, 6.45) is 7.41. The van der Waals surface area contributed by atoms with E-state index in [1.165, 1.54) is 17.9 Å². The molecule has 5 fully saturated rings. The number of hydrazine groups is 1. The number of rotatable bonds is 11. The van der Waals surface area contributed by atoms with Crippen LogP contribution in [0.25, 0.3) is 33.3 Å². The van der Waals surface area contributed by atoms with Crippen molar-refractivity contribution in [1.82, 2.24) is 40.4 Å². The first-order valence-electron chi connectivity index (χ1n) is 26.3. The van der Waals surface area contributed by atoms with Crippen LogP contribution in [-0.2, 0) is 54.7 Å². The first kappa shape index (κ1) is 49.4. The van der Waals surface area contributed by atoms with Crippen molar-refractivity contribution in [2.24, 2.45) is 22.7 Å². The highest BCUT2D eigenvalue weighted by molar-refractivity contribution is 5.96. The van der Waals surface area contributed by atoms with Gasteiger partial charge < -0.3 is 24.3 Å². The molecule has 3 amide bonds. The quantitative estimate of drug-likeness (QED) is 0.107. The molecule has 6 bridgehead atoms. The minimum atomic E-state index is -1.04. The summed E-state index contributed by atoms with van der Waals surface area (Å²) in [5, 5.41) is 9.16. The Labute approximate surface area is 417 Å². The predicted molar refractivity (Wildman–Crippen MR) is 270 cm³/mol. The van der Waals surface area contributed by atoms with Crippen molar-refractivity contribution in [2.75, 3.05) is 46.4 Å². The van der Waals surface area contributed by atoms with E-state index in [2.05, 4.69) is 70.6 Å². The van der Waals surface area contributed by atoms with Crippen molar-refractivity contribution in [2.45, 2.75) is 142 Å². The molecule has 0 radical (unpaired) electrons. The molecule has 5 aliphatic heterocycles. The molecule has 1 aliphatic carbocycles. The summed E-state index contributed by atoms with van der Waals surface area (Å²) in [7, 11) is 1.69. The number of carbonyl (C=O) groups excluding carboxylic acids is 4. The summed E-state index contributed by atoms with van der Waals surface area (Å²) in [5.74, 6) is -0.281. The van der Waals surface area contributed by atoms with E-state index in [0.717, 1.165) is 63.9 Å². The van der Waals surface area contributed by atoms with Crippen molar-refractivity contribution in [3.05, 3.63) is 77.1 Å². The third-order valence-electron chi connectivity index (χ3n) is 16.4. The highest BCUT2D eigenvalue weighted by Gasteiger charge is 2.55. The monoisotopic (exact) mass is 973 g/mol. The van der Waals surface area contributed by atoms with Crippen molar-refractivity contribution in [3.63, 3.8) is 0 Å². The Morgan fingerprint density at radius 1 is 1.00 bits per heavy atom. The van der Waals surface area contributed by atoms with Gasteiger partial charge >= 0.3 is 5.97 Å². The lowest BCUT2D eigenvalue weighted by atomic mass is 9.84. The average molecular weight is 973 g/mol. The molecule has 380 valence electrons. The van der Waals surface area contributed by atoms with Crippen LogP contribution in [0.15, 0.2) is 54.7 Å². The number of hydrogen-bond donors (Lipinski definition) is 3. The van der Waals surface area contributed by atoms with Crippen molar-refractivity contribution >= 4 is 34.6 Å². The van der Waals surface area contributed by atoms with Crippen molar-refractivity contribution in [1.29, 1.82) is 0 Å². The second-order valence-electron chi connectivity index (χ2n) is 22.7.